The zero-order chi connectivity index (χ0) is 17.8. The van der Waals surface area contributed by atoms with E-state index in [-0.39, 0.29) is 16.4 Å². The molecule has 0 bridgehead atoms. The molecule has 1 amide bonds. The molecule has 0 spiro atoms. The molecule has 0 aromatic heterocycles. The predicted molar refractivity (Wildman–Crippen MR) is 85.7 cm³/mol. The maximum Gasteiger partial charge on any atom is 0.322 e. The number of hydrogen-bond acceptors (Lipinski definition) is 4. The Morgan fingerprint density at radius 2 is 1.91 bits per heavy atom. The molecule has 0 aliphatic heterocycles. The summed E-state index contributed by atoms with van der Waals surface area (Å²) >= 11 is 0. The van der Waals surface area contributed by atoms with Crippen LogP contribution in [0, 0.1) is 5.92 Å². The quantitative estimate of drug-likeness (QED) is 0.774. The molecule has 0 aliphatic rings. The number of carboxylic acid groups (broad SMARTS) is 1. The maximum atomic E-state index is 12.4. The molecule has 128 valence electrons. The average molecular weight is 342 g/mol. The number of aliphatic carboxylic acids is 1. The number of hydrogen-bond donors (Lipinski definition) is 2. The highest BCUT2D eigenvalue weighted by Crippen LogP contribution is 2.15. The van der Waals surface area contributed by atoms with Crippen LogP contribution in [0.2, 0.25) is 0 Å². The van der Waals surface area contributed by atoms with Gasteiger partial charge in [-0.15, -0.1) is 0 Å². The molecule has 0 saturated carbocycles. The van der Waals surface area contributed by atoms with Crippen LogP contribution in [-0.4, -0.2) is 49.9 Å². The van der Waals surface area contributed by atoms with Gasteiger partial charge in [-0.2, -0.15) is 4.72 Å². The lowest BCUT2D eigenvalue weighted by Crippen LogP contribution is -2.44. The first-order valence-electron chi connectivity index (χ1n) is 7.20. The lowest BCUT2D eigenvalue weighted by Gasteiger charge is -2.19. The summed E-state index contributed by atoms with van der Waals surface area (Å²) in [6.45, 7) is 5.51. The van der Waals surface area contributed by atoms with Crippen molar-refractivity contribution >= 4 is 21.9 Å². The van der Waals surface area contributed by atoms with Crippen LogP contribution in [0.15, 0.2) is 29.2 Å². The van der Waals surface area contributed by atoms with Crippen molar-refractivity contribution in [1.82, 2.24) is 9.62 Å². The molecule has 1 aromatic rings. The van der Waals surface area contributed by atoms with Gasteiger partial charge in [-0.25, -0.2) is 8.42 Å². The molecule has 1 aromatic carbocycles. The lowest BCUT2D eigenvalue weighted by atomic mass is 10.1. The summed E-state index contributed by atoms with van der Waals surface area (Å²) in [7, 11) is -2.43. The molecule has 1 atom stereocenters. The van der Waals surface area contributed by atoms with Gasteiger partial charge in [0.05, 0.1) is 4.90 Å². The molecule has 0 aliphatic carbocycles. The Bertz CT molecular complexity index is 685. The van der Waals surface area contributed by atoms with Crippen molar-refractivity contribution in [2.45, 2.75) is 31.7 Å². The van der Waals surface area contributed by atoms with Gasteiger partial charge in [-0.05, 0) is 31.0 Å². The Kier molecular flexibility index (Phi) is 6.28. The van der Waals surface area contributed by atoms with Gasteiger partial charge in [0, 0.05) is 19.2 Å². The largest absolute Gasteiger partial charge is 0.480 e. The zero-order valence-corrected chi connectivity index (χ0v) is 14.4. The highest BCUT2D eigenvalue weighted by atomic mass is 32.2. The van der Waals surface area contributed by atoms with Gasteiger partial charge >= 0.3 is 5.97 Å². The molecule has 0 saturated heterocycles. The van der Waals surface area contributed by atoms with E-state index < -0.39 is 28.0 Å². The Hall–Kier alpha value is -1.93. The van der Waals surface area contributed by atoms with Crippen molar-refractivity contribution < 1.29 is 23.1 Å². The number of carbonyl (C=O) groups is 2. The summed E-state index contributed by atoms with van der Waals surface area (Å²) in [6, 6.07) is 4.30. The summed E-state index contributed by atoms with van der Waals surface area (Å²) in [5, 5.41) is 9.11. The van der Waals surface area contributed by atoms with Crippen molar-refractivity contribution in [3.8, 4) is 0 Å². The van der Waals surface area contributed by atoms with Crippen molar-refractivity contribution in [2.75, 3.05) is 13.6 Å². The topological polar surface area (TPSA) is 104 Å². The van der Waals surface area contributed by atoms with Gasteiger partial charge in [-0.3, -0.25) is 9.59 Å². The minimum atomic E-state index is -4.04. The van der Waals surface area contributed by atoms with E-state index in [1.165, 1.54) is 29.2 Å². The molecule has 0 heterocycles. The highest BCUT2D eigenvalue weighted by Gasteiger charge is 2.28. The van der Waals surface area contributed by atoms with Gasteiger partial charge in [0.15, 0.2) is 0 Å². The first-order chi connectivity index (χ1) is 10.6. The molecule has 0 unspecified atom stereocenters. The molecular weight excluding hydrogens is 320 g/mol. The molecule has 8 heteroatoms. The number of sulfonamides is 1. The fourth-order valence-electron chi connectivity index (χ4n) is 1.87. The normalized spacial score (nSPS) is 12.9. The van der Waals surface area contributed by atoms with E-state index in [1.807, 2.05) is 0 Å². The lowest BCUT2D eigenvalue weighted by molar-refractivity contribution is -0.140. The van der Waals surface area contributed by atoms with Gasteiger partial charge in [0.25, 0.3) is 5.91 Å². The number of rotatable bonds is 7. The third-order valence-corrected chi connectivity index (χ3v) is 4.87. The smallest absolute Gasteiger partial charge is 0.322 e. The number of amides is 1. The zero-order valence-electron chi connectivity index (χ0n) is 13.6. The molecule has 7 nitrogen and oxygen atoms in total. The van der Waals surface area contributed by atoms with Crippen molar-refractivity contribution in [1.29, 1.82) is 0 Å². The average Bonchev–Trinajstić information content (AvgIpc) is 2.50. The maximum absolute atomic E-state index is 12.4. The Morgan fingerprint density at radius 1 is 1.30 bits per heavy atom. The Morgan fingerprint density at radius 3 is 2.39 bits per heavy atom. The molecule has 2 N–H and O–H groups in total. The molecule has 23 heavy (non-hydrogen) atoms. The second-order valence-electron chi connectivity index (χ2n) is 5.53. The third-order valence-electron chi connectivity index (χ3n) is 3.43. The van der Waals surface area contributed by atoms with Crippen molar-refractivity contribution in [3.05, 3.63) is 29.8 Å². The molecule has 0 fully saturated rings. The van der Waals surface area contributed by atoms with Gasteiger partial charge in [-0.1, -0.05) is 19.9 Å². The van der Waals surface area contributed by atoms with Gasteiger partial charge < -0.3 is 10.0 Å². The third kappa shape index (κ3) is 4.77. The number of carbonyl (C=O) groups excluding carboxylic acids is 1. The van der Waals surface area contributed by atoms with Crippen LogP contribution in [0.25, 0.3) is 0 Å². The van der Waals surface area contributed by atoms with Crippen LogP contribution in [0.3, 0.4) is 0 Å². The monoisotopic (exact) mass is 342 g/mol. The van der Waals surface area contributed by atoms with Crippen LogP contribution in [0.5, 0.6) is 0 Å². The number of carboxylic acids is 1. The minimum Gasteiger partial charge on any atom is -0.480 e. The van der Waals surface area contributed by atoms with E-state index in [0.29, 0.717) is 6.54 Å². The Labute approximate surface area is 136 Å². The van der Waals surface area contributed by atoms with Crippen LogP contribution >= 0.6 is 0 Å². The number of nitrogens with one attached hydrogen (secondary N) is 1. The van der Waals surface area contributed by atoms with E-state index >= 15 is 0 Å². The summed E-state index contributed by atoms with van der Waals surface area (Å²) in [5.41, 5.74) is 0.230. The summed E-state index contributed by atoms with van der Waals surface area (Å²) in [5.74, 6) is -1.97. The molecule has 1 rings (SSSR count). The summed E-state index contributed by atoms with van der Waals surface area (Å²) in [4.78, 5) is 24.6. The summed E-state index contributed by atoms with van der Waals surface area (Å²) < 4.78 is 26.9. The van der Waals surface area contributed by atoms with Crippen molar-refractivity contribution in [3.63, 3.8) is 0 Å². The van der Waals surface area contributed by atoms with Gasteiger partial charge in [0.2, 0.25) is 10.0 Å². The van der Waals surface area contributed by atoms with E-state index in [4.69, 9.17) is 5.11 Å². The van der Waals surface area contributed by atoms with E-state index in [1.54, 1.807) is 27.8 Å². The first kappa shape index (κ1) is 19.1. The van der Waals surface area contributed by atoms with Crippen molar-refractivity contribution in [2.24, 2.45) is 5.92 Å². The highest BCUT2D eigenvalue weighted by molar-refractivity contribution is 7.89. The minimum absolute atomic E-state index is 0.139. The van der Waals surface area contributed by atoms with E-state index in [0.717, 1.165) is 0 Å². The second kappa shape index (κ2) is 7.56. The Balaban J connectivity index is 3.15. The van der Waals surface area contributed by atoms with Crippen LogP contribution in [0.1, 0.15) is 31.1 Å². The molecular formula is C15H22N2O5S. The SMILES string of the molecule is CCN(C)C(=O)c1cccc(S(=O)(=O)N[C@@H](C(=O)O)C(C)C)c1. The van der Waals surface area contributed by atoms with Crippen LogP contribution in [-0.2, 0) is 14.8 Å². The summed E-state index contributed by atoms with van der Waals surface area (Å²) in [6.07, 6.45) is 0. The predicted octanol–water partition coefficient (Wildman–Crippen LogP) is 1.17. The van der Waals surface area contributed by atoms with Gasteiger partial charge in [0.1, 0.15) is 6.04 Å². The number of benzene rings is 1. The number of nitrogens with zero attached hydrogens (tertiary/aromatic N) is 1. The fourth-order valence-corrected chi connectivity index (χ4v) is 3.25. The fraction of sp³-hybridized carbons (Fsp3) is 0.467. The van der Waals surface area contributed by atoms with Crippen LogP contribution < -0.4 is 4.72 Å². The van der Waals surface area contributed by atoms with Crippen LogP contribution in [0.4, 0.5) is 0 Å². The van der Waals surface area contributed by atoms with E-state index in [2.05, 4.69) is 4.72 Å². The first-order valence-corrected chi connectivity index (χ1v) is 8.69. The standard InChI is InChI=1S/C15H22N2O5S/c1-5-17(4)14(18)11-7-6-8-12(9-11)23(21,22)16-13(10(2)3)15(19)20/h6-10,13,16H,5H2,1-4H3,(H,19,20)/t13-/m1/s1. The van der Waals surface area contributed by atoms with E-state index in [9.17, 15) is 18.0 Å². The second-order valence-corrected chi connectivity index (χ2v) is 7.24. The molecule has 0 radical (unpaired) electrons.